The van der Waals surface area contributed by atoms with Gasteiger partial charge < -0.3 is 15.4 Å². The number of aromatic nitrogens is 1. The van der Waals surface area contributed by atoms with Crippen molar-refractivity contribution in [2.75, 3.05) is 27.2 Å². The van der Waals surface area contributed by atoms with E-state index in [-0.39, 0.29) is 5.54 Å². The molecule has 1 heterocycles. The first-order valence-corrected chi connectivity index (χ1v) is 5.51. The van der Waals surface area contributed by atoms with Crippen LogP contribution in [0.4, 0.5) is 0 Å². The lowest BCUT2D eigenvalue weighted by Crippen LogP contribution is -2.40. The van der Waals surface area contributed by atoms with Crippen molar-refractivity contribution in [1.82, 2.24) is 15.6 Å². The van der Waals surface area contributed by atoms with E-state index in [0.717, 1.165) is 18.7 Å². The molecule has 16 heavy (non-hydrogen) atoms. The lowest BCUT2D eigenvalue weighted by Gasteiger charge is -2.27. The topological polar surface area (TPSA) is 46.2 Å². The van der Waals surface area contributed by atoms with E-state index in [1.165, 1.54) is 0 Å². The van der Waals surface area contributed by atoms with Crippen LogP contribution in [-0.4, -0.2) is 32.2 Å². The van der Waals surface area contributed by atoms with E-state index in [0.29, 0.717) is 5.88 Å². The fourth-order valence-corrected chi connectivity index (χ4v) is 1.62. The minimum atomic E-state index is -0.142. The standard InChI is InChI=1S/C12H21N3O/c1-12(2,15-9-8-13-3)10-6-5-7-14-11(10)16-4/h5-7,13,15H,8-9H2,1-4H3. The molecule has 0 spiro atoms. The highest BCUT2D eigenvalue weighted by atomic mass is 16.5. The minimum absolute atomic E-state index is 0.142. The van der Waals surface area contributed by atoms with Gasteiger partial charge in [0.1, 0.15) is 0 Å². The number of methoxy groups -OCH3 is 1. The lowest BCUT2D eigenvalue weighted by atomic mass is 9.95. The Morgan fingerprint density at radius 1 is 1.38 bits per heavy atom. The van der Waals surface area contributed by atoms with Gasteiger partial charge in [-0.1, -0.05) is 6.07 Å². The molecule has 0 unspecified atom stereocenters. The summed E-state index contributed by atoms with van der Waals surface area (Å²) in [6, 6.07) is 3.97. The molecule has 0 radical (unpaired) electrons. The van der Waals surface area contributed by atoms with Gasteiger partial charge >= 0.3 is 0 Å². The quantitative estimate of drug-likeness (QED) is 0.710. The van der Waals surface area contributed by atoms with Crippen molar-refractivity contribution >= 4 is 0 Å². The average molecular weight is 223 g/mol. The summed E-state index contributed by atoms with van der Waals surface area (Å²) in [5, 5.41) is 6.58. The summed E-state index contributed by atoms with van der Waals surface area (Å²) < 4.78 is 5.27. The molecule has 1 rings (SSSR count). The summed E-state index contributed by atoms with van der Waals surface area (Å²) in [5.74, 6) is 0.685. The highest BCUT2D eigenvalue weighted by Crippen LogP contribution is 2.26. The van der Waals surface area contributed by atoms with Crippen LogP contribution in [-0.2, 0) is 5.54 Å². The Morgan fingerprint density at radius 3 is 2.75 bits per heavy atom. The molecular weight excluding hydrogens is 202 g/mol. The maximum Gasteiger partial charge on any atom is 0.218 e. The highest BCUT2D eigenvalue weighted by Gasteiger charge is 2.23. The zero-order chi connectivity index (χ0) is 12.0. The molecule has 2 N–H and O–H groups in total. The molecule has 0 aliphatic rings. The molecule has 1 aromatic rings. The molecule has 0 saturated carbocycles. The second-order valence-electron chi connectivity index (χ2n) is 4.22. The fraction of sp³-hybridized carbons (Fsp3) is 0.583. The molecule has 0 atom stereocenters. The maximum absolute atomic E-state index is 5.27. The van der Waals surface area contributed by atoms with Crippen LogP contribution in [0.3, 0.4) is 0 Å². The van der Waals surface area contributed by atoms with Crippen LogP contribution in [0, 0.1) is 0 Å². The molecule has 0 saturated heterocycles. The molecule has 0 aromatic carbocycles. The van der Waals surface area contributed by atoms with Gasteiger partial charge in [0.15, 0.2) is 0 Å². The molecule has 0 bridgehead atoms. The van der Waals surface area contributed by atoms with Gasteiger partial charge in [-0.3, -0.25) is 0 Å². The lowest BCUT2D eigenvalue weighted by molar-refractivity contribution is 0.349. The van der Waals surface area contributed by atoms with Crippen LogP contribution in [0.15, 0.2) is 18.3 Å². The smallest absolute Gasteiger partial charge is 0.218 e. The van der Waals surface area contributed by atoms with Crippen LogP contribution in [0.25, 0.3) is 0 Å². The van der Waals surface area contributed by atoms with E-state index in [2.05, 4.69) is 29.5 Å². The Balaban J connectivity index is 2.79. The van der Waals surface area contributed by atoms with Gasteiger partial charge in [-0.05, 0) is 27.0 Å². The minimum Gasteiger partial charge on any atom is -0.481 e. The van der Waals surface area contributed by atoms with E-state index in [1.807, 2.05) is 19.2 Å². The summed E-state index contributed by atoms with van der Waals surface area (Å²) >= 11 is 0. The molecule has 90 valence electrons. The van der Waals surface area contributed by atoms with E-state index in [1.54, 1.807) is 13.3 Å². The Bertz CT molecular complexity index is 326. The van der Waals surface area contributed by atoms with E-state index in [4.69, 9.17) is 4.74 Å². The van der Waals surface area contributed by atoms with Crippen LogP contribution in [0.5, 0.6) is 5.88 Å². The van der Waals surface area contributed by atoms with Crippen molar-refractivity contribution in [2.24, 2.45) is 0 Å². The van der Waals surface area contributed by atoms with Crippen molar-refractivity contribution in [3.05, 3.63) is 23.9 Å². The molecular formula is C12H21N3O. The van der Waals surface area contributed by atoms with Crippen molar-refractivity contribution in [1.29, 1.82) is 0 Å². The number of likely N-dealkylation sites (N-methyl/N-ethyl adjacent to an activating group) is 1. The third-order valence-corrected chi connectivity index (χ3v) is 2.58. The molecule has 0 aliphatic heterocycles. The Labute approximate surface area is 97.4 Å². The maximum atomic E-state index is 5.27. The first-order chi connectivity index (χ1) is 7.61. The van der Waals surface area contributed by atoms with Crippen molar-refractivity contribution in [2.45, 2.75) is 19.4 Å². The molecule has 0 fully saturated rings. The highest BCUT2D eigenvalue weighted by molar-refractivity contribution is 5.31. The fourth-order valence-electron chi connectivity index (χ4n) is 1.62. The molecule has 0 amide bonds. The summed E-state index contributed by atoms with van der Waals surface area (Å²) in [7, 11) is 3.59. The van der Waals surface area contributed by atoms with Crippen LogP contribution in [0.1, 0.15) is 19.4 Å². The third kappa shape index (κ3) is 3.18. The number of pyridine rings is 1. The average Bonchev–Trinajstić information content (AvgIpc) is 2.29. The number of nitrogens with one attached hydrogen (secondary N) is 2. The van der Waals surface area contributed by atoms with Crippen molar-refractivity contribution < 1.29 is 4.74 Å². The first-order valence-electron chi connectivity index (χ1n) is 5.51. The molecule has 4 nitrogen and oxygen atoms in total. The molecule has 4 heteroatoms. The predicted molar refractivity (Wildman–Crippen MR) is 65.7 cm³/mol. The second kappa shape index (κ2) is 5.82. The van der Waals surface area contributed by atoms with Crippen molar-refractivity contribution in [3.63, 3.8) is 0 Å². The van der Waals surface area contributed by atoms with Crippen LogP contribution < -0.4 is 15.4 Å². The van der Waals surface area contributed by atoms with Crippen LogP contribution in [0.2, 0.25) is 0 Å². The van der Waals surface area contributed by atoms with Crippen molar-refractivity contribution in [3.8, 4) is 5.88 Å². The normalized spacial score (nSPS) is 11.5. The summed E-state index contributed by atoms with van der Waals surface area (Å²) in [5.41, 5.74) is 0.935. The van der Waals surface area contributed by atoms with E-state index in [9.17, 15) is 0 Å². The molecule has 1 aromatic heterocycles. The Morgan fingerprint density at radius 2 is 2.12 bits per heavy atom. The monoisotopic (exact) mass is 223 g/mol. The van der Waals surface area contributed by atoms with E-state index < -0.39 is 0 Å². The number of ether oxygens (including phenoxy) is 1. The zero-order valence-electron chi connectivity index (χ0n) is 10.5. The van der Waals surface area contributed by atoms with Crippen LogP contribution >= 0.6 is 0 Å². The number of rotatable bonds is 6. The second-order valence-corrected chi connectivity index (χ2v) is 4.22. The van der Waals surface area contributed by atoms with E-state index >= 15 is 0 Å². The van der Waals surface area contributed by atoms with Gasteiger partial charge in [-0.15, -0.1) is 0 Å². The number of hydrogen-bond donors (Lipinski definition) is 2. The van der Waals surface area contributed by atoms with Gasteiger partial charge in [-0.25, -0.2) is 4.98 Å². The van der Waals surface area contributed by atoms with Gasteiger partial charge in [-0.2, -0.15) is 0 Å². The first kappa shape index (κ1) is 12.9. The number of nitrogens with zero attached hydrogens (tertiary/aromatic N) is 1. The van der Waals surface area contributed by atoms with Gasteiger partial charge in [0, 0.05) is 30.4 Å². The molecule has 0 aliphatic carbocycles. The SMILES string of the molecule is CNCCNC(C)(C)c1cccnc1OC. The zero-order valence-corrected chi connectivity index (χ0v) is 10.5. The summed E-state index contributed by atoms with van der Waals surface area (Å²) in [4.78, 5) is 4.21. The predicted octanol–water partition coefficient (Wildman–Crippen LogP) is 1.13. The number of hydrogen-bond acceptors (Lipinski definition) is 4. The largest absolute Gasteiger partial charge is 0.481 e. The Kier molecular flexibility index (Phi) is 4.71. The summed E-state index contributed by atoms with van der Waals surface area (Å²) in [6.45, 7) is 6.10. The van der Waals surface area contributed by atoms with Gasteiger partial charge in [0.25, 0.3) is 0 Å². The Hall–Kier alpha value is -1.13. The van der Waals surface area contributed by atoms with Gasteiger partial charge in [0.05, 0.1) is 7.11 Å². The van der Waals surface area contributed by atoms with Gasteiger partial charge in [0.2, 0.25) is 5.88 Å². The summed E-state index contributed by atoms with van der Waals surface area (Å²) in [6.07, 6.45) is 1.74. The third-order valence-electron chi connectivity index (χ3n) is 2.58.